The van der Waals surface area contributed by atoms with Crippen molar-refractivity contribution in [1.29, 1.82) is 0 Å². The lowest BCUT2D eigenvalue weighted by Gasteiger charge is -2.31. The van der Waals surface area contributed by atoms with Crippen LogP contribution in [0.4, 0.5) is 5.69 Å². The van der Waals surface area contributed by atoms with E-state index in [1.165, 1.54) is 0 Å². The summed E-state index contributed by atoms with van der Waals surface area (Å²) in [5.41, 5.74) is -0.108. The molecule has 2 amide bonds. The third-order valence-electron chi connectivity index (χ3n) is 3.85. The summed E-state index contributed by atoms with van der Waals surface area (Å²) in [6.07, 6.45) is 0.844. The maximum absolute atomic E-state index is 12.8. The molecule has 0 aromatic heterocycles. The Morgan fingerprint density at radius 3 is 2.71 bits per heavy atom. The number of methoxy groups -OCH3 is 1. The lowest BCUT2D eigenvalue weighted by atomic mass is 9.97. The highest BCUT2D eigenvalue weighted by Crippen LogP contribution is 2.31. The van der Waals surface area contributed by atoms with E-state index in [9.17, 15) is 9.59 Å². The van der Waals surface area contributed by atoms with Crippen LogP contribution >= 0.6 is 15.9 Å². The smallest absolute Gasteiger partial charge is 0.252 e. The Morgan fingerprint density at radius 2 is 2.14 bits per heavy atom. The average molecular weight is 355 g/mol. The molecular formula is C15H19BrN2O3. The van der Waals surface area contributed by atoms with Gasteiger partial charge in [0, 0.05) is 18.7 Å². The van der Waals surface area contributed by atoms with E-state index < -0.39 is 5.54 Å². The number of hydrogen-bond donors (Lipinski definition) is 1. The number of nitrogens with one attached hydrogen (secondary N) is 1. The number of halogens is 1. The first kappa shape index (κ1) is 15.8. The van der Waals surface area contributed by atoms with Crippen LogP contribution < -0.4 is 15.0 Å². The predicted molar refractivity (Wildman–Crippen MR) is 84.5 cm³/mol. The molecule has 1 fully saturated rings. The summed E-state index contributed by atoms with van der Waals surface area (Å²) in [4.78, 5) is 26.3. The van der Waals surface area contributed by atoms with Crippen LogP contribution in [0.15, 0.2) is 22.7 Å². The molecule has 1 aliphatic heterocycles. The Hall–Kier alpha value is -1.56. The van der Waals surface area contributed by atoms with E-state index in [-0.39, 0.29) is 11.8 Å². The molecule has 1 atom stereocenters. The van der Waals surface area contributed by atoms with Gasteiger partial charge in [0.1, 0.15) is 11.3 Å². The summed E-state index contributed by atoms with van der Waals surface area (Å²) in [6, 6.07) is 5.46. The summed E-state index contributed by atoms with van der Waals surface area (Å²) in [5, 5.41) is 2.83. The normalized spacial score (nSPS) is 22.8. The average Bonchev–Trinajstić information content (AvgIpc) is 2.57. The van der Waals surface area contributed by atoms with E-state index in [0.29, 0.717) is 25.1 Å². The summed E-state index contributed by atoms with van der Waals surface area (Å²) in [6.45, 7) is 4.04. The van der Waals surface area contributed by atoms with Crippen molar-refractivity contribution in [2.75, 3.05) is 18.6 Å². The molecule has 1 saturated heterocycles. The van der Waals surface area contributed by atoms with Crippen LogP contribution in [0.5, 0.6) is 5.75 Å². The first-order chi connectivity index (χ1) is 9.91. The Balaban J connectivity index is 2.39. The molecule has 0 saturated carbocycles. The van der Waals surface area contributed by atoms with Gasteiger partial charge in [0.05, 0.1) is 11.6 Å². The van der Waals surface area contributed by atoms with Gasteiger partial charge in [-0.2, -0.15) is 0 Å². The molecule has 1 aromatic rings. The van der Waals surface area contributed by atoms with Crippen molar-refractivity contribution < 1.29 is 14.3 Å². The lowest BCUT2D eigenvalue weighted by Crippen LogP contribution is -2.54. The molecular weight excluding hydrogens is 336 g/mol. The minimum Gasteiger partial charge on any atom is -0.496 e. The third-order valence-corrected chi connectivity index (χ3v) is 4.47. The number of ether oxygens (including phenoxy) is 1. The maximum Gasteiger partial charge on any atom is 0.252 e. The molecule has 0 radical (unpaired) electrons. The topological polar surface area (TPSA) is 58.6 Å². The second-order valence-electron chi connectivity index (χ2n) is 5.26. The van der Waals surface area contributed by atoms with Gasteiger partial charge in [-0.1, -0.05) is 6.92 Å². The fourth-order valence-corrected chi connectivity index (χ4v) is 2.87. The zero-order valence-electron chi connectivity index (χ0n) is 12.4. The molecule has 114 valence electrons. The maximum atomic E-state index is 12.8. The predicted octanol–water partition coefficient (Wildman–Crippen LogP) is 2.48. The molecule has 0 spiro atoms. The van der Waals surface area contributed by atoms with E-state index >= 15 is 0 Å². The molecule has 0 bridgehead atoms. The first-order valence-corrected chi connectivity index (χ1v) is 7.67. The van der Waals surface area contributed by atoms with E-state index in [2.05, 4.69) is 21.2 Å². The van der Waals surface area contributed by atoms with E-state index in [4.69, 9.17) is 4.74 Å². The minimum absolute atomic E-state index is 0.0899. The van der Waals surface area contributed by atoms with Gasteiger partial charge in [-0.15, -0.1) is 0 Å². The van der Waals surface area contributed by atoms with Crippen LogP contribution in [-0.4, -0.2) is 31.0 Å². The van der Waals surface area contributed by atoms with Crippen molar-refractivity contribution >= 4 is 33.4 Å². The number of amides is 2. The molecule has 1 N–H and O–H groups in total. The summed E-state index contributed by atoms with van der Waals surface area (Å²) >= 11 is 3.43. The van der Waals surface area contributed by atoms with Crippen molar-refractivity contribution in [3.05, 3.63) is 22.7 Å². The molecule has 6 heteroatoms. The summed E-state index contributed by atoms with van der Waals surface area (Å²) in [7, 11) is 1.59. The largest absolute Gasteiger partial charge is 0.496 e. The number of hydrogen-bond acceptors (Lipinski definition) is 3. The summed E-state index contributed by atoms with van der Waals surface area (Å²) in [5.74, 6) is 0.518. The zero-order chi connectivity index (χ0) is 15.6. The molecule has 1 aliphatic rings. The second kappa shape index (κ2) is 6.05. The van der Waals surface area contributed by atoms with Crippen LogP contribution in [0.25, 0.3) is 0 Å². The fourth-order valence-electron chi connectivity index (χ4n) is 2.35. The van der Waals surface area contributed by atoms with Gasteiger partial charge in [-0.3, -0.25) is 9.59 Å². The molecule has 1 heterocycles. The lowest BCUT2D eigenvalue weighted by molar-refractivity contribution is -0.129. The number of anilines is 1. The highest BCUT2D eigenvalue weighted by atomic mass is 79.9. The van der Waals surface area contributed by atoms with Gasteiger partial charge in [0.25, 0.3) is 5.91 Å². The third kappa shape index (κ3) is 3.05. The molecule has 0 aliphatic carbocycles. The Bertz CT molecular complexity index is 576. The Labute approximate surface area is 132 Å². The molecule has 2 rings (SSSR count). The van der Waals surface area contributed by atoms with Crippen LogP contribution in [0.1, 0.15) is 26.7 Å². The highest BCUT2D eigenvalue weighted by Gasteiger charge is 2.39. The number of carbonyl (C=O) groups is 2. The van der Waals surface area contributed by atoms with Crippen molar-refractivity contribution in [2.45, 2.75) is 32.2 Å². The monoisotopic (exact) mass is 354 g/mol. The number of benzene rings is 1. The van der Waals surface area contributed by atoms with Gasteiger partial charge >= 0.3 is 0 Å². The van der Waals surface area contributed by atoms with Crippen molar-refractivity contribution in [1.82, 2.24) is 5.32 Å². The molecule has 1 aromatic carbocycles. The van der Waals surface area contributed by atoms with E-state index in [0.717, 1.165) is 10.2 Å². The number of carbonyl (C=O) groups excluding carboxylic acids is 2. The van der Waals surface area contributed by atoms with Crippen molar-refractivity contribution in [3.63, 3.8) is 0 Å². The highest BCUT2D eigenvalue weighted by molar-refractivity contribution is 9.10. The van der Waals surface area contributed by atoms with Gasteiger partial charge in [0.15, 0.2) is 0 Å². The first-order valence-electron chi connectivity index (χ1n) is 6.88. The second-order valence-corrected chi connectivity index (χ2v) is 6.11. The number of rotatable bonds is 3. The SMILES string of the molecule is CCC1(C)NC(=O)CCN(c2ccc(OC)c(Br)c2)C1=O. The van der Waals surface area contributed by atoms with Gasteiger partial charge < -0.3 is 15.0 Å². The Morgan fingerprint density at radius 1 is 1.43 bits per heavy atom. The van der Waals surface area contributed by atoms with Crippen molar-refractivity contribution in [2.24, 2.45) is 0 Å². The quantitative estimate of drug-likeness (QED) is 0.906. The standard InChI is InChI=1S/C15H19BrN2O3/c1-4-15(2)14(20)18(8-7-13(19)17-15)10-5-6-12(21-3)11(16)9-10/h5-6,9H,4,7-8H2,1-3H3,(H,17,19). The fraction of sp³-hybridized carbons (Fsp3) is 0.467. The number of nitrogens with zero attached hydrogens (tertiary/aromatic N) is 1. The molecule has 21 heavy (non-hydrogen) atoms. The van der Waals surface area contributed by atoms with Crippen LogP contribution in [0.2, 0.25) is 0 Å². The van der Waals surface area contributed by atoms with E-state index in [1.807, 2.05) is 19.1 Å². The summed E-state index contributed by atoms with van der Waals surface area (Å²) < 4.78 is 5.98. The van der Waals surface area contributed by atoms with E-state index in [1.54, 1.807) is 25.0 Å². The van der Waals surface area contributed by atoms with Crippen LogP contribution in [-0.2, 0) is 9.59 Å². The Kier molecular flexibility index (Phi) is 4.56. The van der Waals surface area contributed by atoms with Gasteiger partial charge in [-0.05, 0) is 47.5 Å². The van der Waals surface area contributed by atoms with Gasteiger partial charge in [-0.25, -0.2) is 0 Å². The van der Waals surface area contributed by atoms with Gasteiger partial charge in [0.2, 0.25) is 5.91 Å². The van der Waals surface area contributed by atoms with Crippen LogP contribution in [0, 0.1) is 0 Å². The minimum atomic E-state index is -0.861. The molecule has 1 unspecified atom stereocenters. The van der Waals surface area contributed by atoms with Crippen LogP contribution in [0.3, 0.4) is 0 Å². The molecule has 5 nitrogen and oxygen atoms in total. The van der Waals surface area contributed by atoms with Crippen molar-refractivity contribution in [3.8, 4) is 5.75 Å². The zero-order valence-corrected chi connectivity index (χ0v) is 14.0.